The first-order valence-corrected chi connectivity index (χ1v) is 6.84. The van der Waals surface area contributed by atoms with Crippen molar-refractivity contribution in [3.63, 3.8) is 0 Å². The minimum absolute atomic E-state index is 0.694. The molecule has 0 saturated carbocycles. The lowest BCUT2D eigenvalue weighted by Crippen LogP contribution is -2.05. The Kier molecular flexibility index (Phi) is 2.98. The Labute approximate surface area is 109 Å². The molecule has 3 aromatic rings. The Morgan fingerprint density at radius 2 is 2.28 bits per heavy atom. The summed E-state index contributed by atoms with van der Waals surface area (Å²) in [6.07, 6.45) is 0.998. The zero-order chi connectivity index (χ0) is 12.4. The standard InChI is InChI=1S/C13H14N4S/c1-10-3-2-4-12-15-13(16-17(10)12)14-7-5-11-6-8-18-9-11/h2-4,6,8-9H,5,7H2,1H3,(H,14,16). The molecule has 0 saturated heterocycles. The molecule has 0 amide bonds. The molecule has 0 aliphatic heterocycles. The Hall–Kier alpha value is -1.88. The third-order valence-corrected chi connectivity index (χ3v) is 3.56. The zero-order valence-corrected chi connectivity index (χ0v) is 10.9. The summed E-state index contributed by atoms with van der Waals surface area (Å²) in [5.41, 5.74) is 3.33. The van der Waals surface area contributed by atoms with Gasteiger partial charge in [0.05, 0.1) is 0 Å². The van der Waals surface area contributed by atoms with E-state index in [0.29, 0.717) is 5.95 Å². The summed E-state index contributed by atoms with van der Waals surface area (Å²) in [6, 6.07) is 8.13. The maximum Gasteiger partial charge on any atom is 0.243 e. The van der Waals surface area contributed by atoms with E-state index in [1.807, 2.05) is 29.6 Å². The van der Waals surface area contributed by atoms with Gasteiger partial charge in [-0.3, -0.25) is 0 Å². The lowest BCUT2D eigenvalue weighted by molar-refractivity contribution is 0.904. The van der Waals surface area contributed by atoms with Crippen LogP contribution in [0.25, 0.3) is 5.65 Å². The van der Waals surface area contributed by atoms with Gasteiger partial charge in [-0.25, -0.2) is 4.52 Å². The Morgan fingerprint density at radius 3 is 3.06 bits per heavy atom. The fourth-order valence-corrected chi connectivity index (χ4v) is 2.57. The Morgan fingerprint density at radius 1 is 1.33 bits per heavy atom. The zero-order valence-electron chi connectivity index (χ0n) is 10.1. The number of pyridine rings is 1. The van der Waals surface area contributed by atoms with Crippen LogP contribution in [-0.4, -0.2) is 21.1 Å². The fraction of sp³-hybridized carbons (Fsp3) is 0.231. The van der Waals surface area contributed by atoms with Crippen LogP contribution in [0.3, 0.4) is 0 Å². The van der Waals surface area contributed by atoms with E-state index in [0.717, 1.165) is 24.3 Å². The normalized spacial score (nSPS) is 10.9. The summed E-state index contributed by atoms with van der Waals surface area (Å²) in [7, 11) is 0. The molecule has 0 unspecified atom stereocenters. The van der Waals surface area contributed by atoms with Crippen LogP contribution in [0.2, 0.25) is 0 Å². The molecule has 0 aliphatic carbocycles. The summed E-state index contributed by atoms with van der Waals surface area (Å²) in [4.78, 5) is 4.44. The number of fused-ring (bicyclic) bond motifs is 1. The highest BCUT2D eigenvalue weighted by molar-refractivity contribution is 7.07. The highest BCUT2D eigenvalue weighted by Gasteiger charge is 2.03. The van der Waals surface area contributed by atoms with E-state index in [1.165, 1.54) is 5.56 Å². The first-order chi connectivity index (χ1) is 8.83. The van der Waals surface area contributed by atoms with Crippen LogP contribution in [0.5, 0.6) is 0 Å². The minimum atomic E-state index is 0.694. The number of aromatic nitrogens is 3. The van der Waals surface area contributed by atoms with Crippen molar-refractivity contribution in [1.82, 2.24) is 14.6 Å². The maximum atomic E-state index is 4.44. The second-order valence-corrected chi connectivity index (χ2v) is 4.96. The molecular weight excluding hydrogens is 244 g/mol. The number of anilines is 1. The number of nitrogens with zero attached hydrogens (tertiary/aromatic N) is 3. The van der Waals surface area contributed by atoms with Crippen molar-refractivity contribution < 1.29 is 0 Å². The number of hydrogen-bond donors (Lipinski definition) is 1. The third-order valence-electron chi connectivity index (χ3n) is 2.83. The van der Waals surface area contributed by atoms with E-state index in [2.05, 4.69) is 32.2 Å². The van der Waals surface area contributed by atoms with Gasteiger partial charge in [0.25, 0.3) is 0 Å². The molecule has 4 nitrogen and oxygen atoms in total. The second-order valence-electron chi connectivity index (χ2n) is 4.18. The van der Waals surface area contributed by atoms with Crippen molar-refractivity contribution in [2.24, 2.45) is 0 Å². The van der Waals surface area contributed by atoms with Crippen LogP contribution in [0.1, 0.15) is 11.3 Å². The first-order valence-electron chi connectivity index (χ1n) is 5.90. The van der Waals surface area contributed by atoms with Crippen LogP contribution >= 0.6 is 11.3 Å². The number of hydrogen-bond acceptors (Lipinski definition) is 4. The highest BCUT2D eigenvalue weighted by Crippen LogP contribution is 2.09. The van der Waals surface area contributed by atoms with E-state index in [9.17, 15) is 0 Å². The van der Waals surface area contributed by atoms with Crippen LogP contribution in [0, 0.1) is 6.92 Å². The lowest BCUT2D eigenvalue weighted by atomic mass is 10.2. The molecule has 5 heteroatoms. The number of nitrogens with one attached hydrogen (secondary N) is 1. The smallest absolute Gasteiger partial charge is 0.243 e. The van der Waals surface area contributed by atoms with Crippen molar-refractivity contribution >= 4 is 22.9 Å². The van der Waals surface area contributed by atoms with Gasteiger partial charge in [-0.1, -0.05) is 6.07 Å². The van der Waals surface area contributed by atoms with Gasteiger partial charge in [0, 0.05) is 12.2 Å². The molecular formula is C13H14N4S. The monoisotopic (exact) mass is 258 g/mol. The molecule has 1 N–H and O–H groups in total. The van der Waals surface area contributed by atoms with Crippen molar-refractivity contribution in [3.8, 4) is 0 Å². The van der Waals surface area contributed by atoms with Crippen molar-refractivity contribution in [3.05, 3.63) is 46.3 Å². The average Bonchev–Trinajstić information content (AvgIpc) is 2.98. The van der Waals surface area contributed by atoms with E-state index in [4.69, 9.17) is 0 Å². The summed E-state index contributed by atoms with van der Waals surface area (Å²) in [5, 5.41) is 12.0. The quantitative estimate of drug-likeness (QED) is 0.782. The number of thiophene rings is 1. The molecule has 18 heavy (non-hydrogen) atoms. The second kappa shape index (κ2) is 4.78. The molecule has 0 fully saturated rings. The first kappa shape index (κ1) is 11.2. The summed E-state index contributed by atoms with van der Waals surface area (Å²) >= 11 is 1.73. The van der Waals surface area contributed by atoms with Crippen LogP contribution in [-0.2, 0) is 6.42 Å². The third kappa shape index (κ3) is 2.22. The average molecular weight is 258 g/mol. The summed E-state index contributed by atoms with van der Waals surface area (Å²) in [5.74, 6) is 0.694. The van der Waals surface area contributed by atoms with Gasteiger partial charge < -0.3 is 5.32 Å². The van der Waals surface area contributed by atoms with Crippen LogP contribution < -0.4 is 5.32 Å². The number of aryl methyl sites for hydroxylation is 1. The molecule has 0 atom stereocenters. The molecule has 0 radical (unpaired) electrons. The Balaban J connectivity index is 1.69. The predicted molar refractivity (Wildman–Crippen MR) is 74.2 cm³/mol. The molecule has 92 valence electrons. The van der Waals surface area contributed by atoms with Crippen LogP contribution in [0.4, 0.5) is 5.95 Å². The Bertz CT molecular complexity index is 642. The predicted octanol–water partition coefficient (Wildman–Crippen LogP) is 2.75. The summed E-state index contributed by atoms with van der Waals surface area (Å²) < 4.78 is 1.85. The van der Waals surface area contributed by atoms with Gasteiger partial charge in [0.1, 0.15) is 0 Å². The van der Waals surface area contributed by atoms with Gasteiger partial charge in [-0.05, 0) is 47.9 Å². The van der Waals surface area contributed by atoms with Crippen molar-refractivity contribution in [1.29, 1.82) is 0 Å². The molecule has 3 aromatic heterocycles. The largest absolute Gasteiger partial charge is 0.353 e. The van der Waals surface area contributed by atoms with Crippen molar-refractivity contribution in [2.45, 2.75) is 13.3 Å². The van der Waals surface area contributed by atoms with Gasteiger partial charge in [0.2, 0.25) is 5.95 Å². The molecule has 3 heterocycles. The topological polar surface area (TPSA) is 42.2 Å². The summed E-state index contributed by atoms with van der Waals surface area (Å²) in [6.45, 7) is 2.88. The van der Waals surface area contributed by atoms with Crippen LogP contribution in [0.15, 0.2) is 35.0 Å². The van der Waals surface area contributed by atoms with Gasteiger partial charge >= 0.3 is 0 Å². The van der Waals surface area contributed by atoms with E-state index in [1.54, 1.807) is 11.3 Å². The fourth-order valence-electron chi connectivity index (χ4n) is 1.86. The maximum absolute atomic E-state index is 4.44. The van der Waals surface area contributed by atoms with E-state index < -0.39 is 0 Å². The number of rotatable bonds is 4. The van der Waals surface area contributed by atoms with E-state index >= 15 is 0 Å². The highest BCUT2D eigenvalue weighted by atomic mass is 32.1. The molecule has 0 bridgehead atoms. The van der Waals surface area contributed by atoms with Gasteiger partial charge in [-0.15, -0.1) is 5.10 Å². The van der Waals surface area contributed by atoms with E-state index in [-0.39, 0.29) is 0 Å². The SMILES string of the molecule is Cc1cccc2nc(NCCc3ccsc3)nn12. The van der Waals surface area contributed by atoms with Crippen molar-refractivity contribution in [2.75, 3.05) is 11.9 Å². The molecule has 3 rings (SSSR count). The van der Waals surface area contributed by atoms with Gasteiger partial charge in [-0.2, -0.15) is 16.3 Å². The molecule has 0 aromatic carbocycles. The minimum Gasteiger partial charge on any atom is -0.353 e. The lowest BCUT2D eigenvalue weighted by Gasteiger charge is -1.99. The van der Waals surface area contributed by atoms with Gasteiger partial charge in [0.15, 0.2) is 5.65 Å². The molecule has 0 spiro atoms. The molecule has 0 aliphatic rings.